The SMILES string of the molecule is CC(NC(=O)c1ccc(=O)n(C)n1)c1ccc(OC(F)F)cc1. The van der Waals surface area contributed by atoms with E-state index in [9.17, 15) is 18.4 Å². The fourth-order valence-corrected chi connectivity index (χ4v) is 1.92. The lowest BCUT2D eigenvalue weighted by Gasteiger charge is -2.15. The molecule has 1 N–H and O–H groups in total. The fraction of sp³-hybridized carbons (Fsp3) is 0.267. The first kappa shape index (κ1) is 16.6. The maximum absolute atomic E-state index is 12.1. The number of hydrogen-bond donors (Lipinski definition) is 1. The molecule has 23 heavy (non-hydrogen) atoms. The van der Waals surface area contributed by atoms with E-state index in [0.29, 0.717) is 5.56 Å². The van der Waals surface area contributed by atoms with Gasteiger partial charge >= 0.3 is 6.61 Å². The van der Waals surface area contributed by atoms with Gasteiger partial charge in [-0.1, -0.05) is 12.1 Å². The molecule has 2 aromatic rings. The quantitative estimate of drug-likeness (QED) is 0.912. The van der Waals surface area contributed by atoms with E-state index in [-0.39, 0.29) is 23.0 Å². The molecule has 8 heteroatoms. The molecule has 1 unspecified atom stereocenters. The summed E-state index contributed by atoms with van der Waals surface area (Å²) in [6.45, 7) is -1.14. The Hall–Kier alpha value is -2.77. The van der Waals surface area contributed by atoms with Gasteiger partial charge in [-0.15, -0.1) is 0 Å². The molecule has 6 nitrogen and oxygen atoms in total. The molecule has 0 aliphatic heterocycles. The molecule has 0 aliphatic rings. The molecular formula is C15H15F2N3O3. The first-order valence-corrected chi connectivity index (χ1v) is 6.77. The highest BCUT2D eigenvalue weighted by atomic mass is 19.3. The molecule has 0 aliphatic carbocycles. The number of alkyl halides is 2. The number of halogens is 2. The Balaban J connectivity index is 2.05. The van der Waals surface area contributed by atoms with Gasteiger partial charge in [-0.25, -0.2) is 4.68 Å². The van der Waals surface area contributed by atoms with Crippen LogP contribution in [0.3, 0.4) is 0 Å². The van der Waals surface area contributed by atoms with Crippen LogP contribution < -0.4 is 15.6 Å². The van der Waals surface area contributed by atoms with Crippen LogP contribution in [0.2, 0.25) is 0 Å². The van der Waals surface area contributed by atoms with Crippen molar-refractivity contribution in [3.05, 3.63) is 58.0 Å². The number of nitrogens with one attached hydrogen (secondary N) is 1. The van der Waals surface area contributed by atoms with Gasteiger partial charge < -0.3 is 10.1 Å². The predicted molar refractivity (Wildman–Crippen MR) is 78.4 cm³/mol. The first-order valence-electron chi connectivity index (χ1n) is 6.77. The van der Waals surface area contributed by atoms with Crippen LogP contribution in [0.15, 0.2) is 41.2 Å². The number of rotatable bonds is 5. The Morgan fingerprint density at radius 3 is 2.43 bits per heavy atom. The summed E-state index contributed by atoms with van der Waals surface area (Å²) in [5.41, 5.74) is 0.505. The van der Waals surface area contributed by atoms with Gasteiger partial charge in [-0.05, 0) is 30.7 Å². The molecule has 1 heterocycles. The number of carbonyl (C=O) groups excluding carboxylic acids is 1. The van der Waals surface area contributed by atoms with Crippen LogP contribution in [0, 0.1) is 0 Å². The average Bonchev–Trinajstić information content (AvgIpc) is 2.50. The third-order valence-corrected chi connectivity index (χ3v) is 3.15. The van der Waals surface area contributed by atoms with Crippen molar-refractivity contribution >= 4 is 5.91 Å². The number of nitrogens with zero attached hydrogens (tertiary/aromatic N) is 2. The van der Waals surface area contributed by atoms with E-state index in [4.69, 9.17) is 0 Å². The van der Waals surface area contributed by atoms with Gasteiger partial charge in [0, 0.05) is 13.1 Å². The van der Waals surface area contributed by atoms with Gasteiger partial charge in [-0.2, -0.15) is 13.9 Å². The van der Waals surface area contributed by atoms with Crippen LogP contribution in [-0.2, 0) is 7.05 Å². The highest BCUT2D eigenvalue weighted by Gasteiger charge is 2.14. The summed E-state index contributed by atoms with van der Waals surface area (Å²) in [6, 6.07) is 8.17. The minimum atomic E-state index is -2.88. The number of aromatic nitrogens is 2. The standard InChI is InChI=1S/C15H15F2N3O3/c1-9(10-3-5-11(6-4-10)23-15(16)17)18-14(22)12-7-8-13(21)20(2)19-12/h3-9,15H,1-2H3,(H,18,22). The summed E-state index contributed by atoms with van der Waals surface area (Å²) in [5, 5.41) is 6.57. The van der Waals surface area contributed by atoms with Gasteiger partial charge in [0.2, 0.25) is 0 Å². The van der Waals surface area contributed by atoms with Crippen molar-refractivity contribution in [2.45, 2.75) is 19.6 Å². The summed E-state index contributed by atoms with van der Waals surface area (Å²) in [4.78, 5) is 23.3. The lowest BCUT2D eigenvalue weighted by atomic mass is 10.1. The van der Waals surface area contributed by atoms with Gasteiger partial charge in [0.25, 0.3) is 11.5 Å². The molecular weight excluding hydrogens is 308 g/mol. The van der Waals surface area contributed by atoms with Crippen molar-refractivity contribution in [1.29, 1.82) is 0 Å². The van der Waals surface area contributed by atoms with Crippen molar-refractivity contribution in [2.75, 3.05) is 0 Å². The number of amides is 1. The van der Waals surface area contributed by atoms with Crippen LogP contribution >= 0.6 is 0 Å². The number of benzene rings is 1. The molecule has 2 rings (SSSR count). The van der Waals surface area contributed by atoms with Crippen molar-refractivity contribution in [3.8, 4) is 5.75 Å². The van der Waals surface area contributed by atoms with E-state index in [1.165, 1.54) is 31.3 Å². The summed E-state index contributed by atoms with van der Waals surface area (Å²) in [6.07, 6.45) is 0. The van der Waals surface area contributed by atoms with E-state index in [2.05, 4.69) is 15.2 Å². The monoisotopic (exact) mass is 323 g/mol. The molecule has 1 amide bonds. The molecule has 0 saturated heterocycles. The zero-order valence-corrected chi connectivity index (χ0v) is 12.5. The van der Waals surface area contributed by atoms with Crippen LogP contribution in [0.5, 0.6) is 5.75 Å². The van der Waals surface area contributed by atoms with Crippen molar-refractivity contribution in [1.82, 2.24) is 15.1 Å². The Morgan fingerprint density at radius 1 is 1.22 bits per heavy atom. The normalized spacial score (nSPS) is 12.0. The third kappa shape index (κ3) is 4.35. The van der Waals surface area contributed by atoms with E-state index in [1.807, 2.05) is 0 Å². The highest BCUT2D eigenvalue weighted by Crippen LogP contribution is 2.19. The lowest BCUT2D eigenvalue weighted by molar-refractivity contribution is -0.0498. The van der Waals surface area contributed by atoms with Gasteiger partial charge in [0.05, 0.1) is 6.04 Å². The van der Waals surface area contributed by atoms with E-state index in [1.54, 1.807) is 19.1 Å². The largest absolute Gasteiger partial charge is 0.435 e. The Kier molecular flexibility index (Phi) is 5.05. The molecule has 1 atom stereocenters. The predicted octanol–water partition coefficient (Wildman–Crippen LogP) is 1.87. The van der Waals surface area contributed by atoms with Crippen molar-refractivity contribution in [3.63, 3.8) is 0 Å². The summed E-state index contributed by atoms with van der Waals surface area (Å²) in [5.74, 6) is -0.400. The van der Waals surface area contributed by atoms with Gasteiger partial charge in [-0.3, -0.25) is 9.59 Å². The van der Waals surface area contributed by atoms with Crippen LogP contribution in [-0.4, -0.2) is 22.3 Å². The Morgan fingerprint density at radius 2 is 1.87 bits per heavy atom. The average molecular weight is 323 g/mol. The minimum absolute atomic E-state index is 0.0435. The topological polar surface area (TPSA) is 73.2 Å². The molecule has 1 aromatic heterocycles. The summed E-state index contributed by atoms with van der Waals surface area (Å²) >= 11 is 0. The Labute approximate surface area is 130 Å². The molecule has 0 bridgehead atoms. The molecule has 1 aromatic carbocycles. The van der Waals surface area contributed by atoms with Gasteiger partial charge in [0.1, 0.15) is 11.4 Å². The van der Waals surface area contributed by atoms with E-state index < -0.39 is 12.5 Å². The second-order valence-electron chi connectivity index (χ2n) is 4.82. The molecule has 0 spiro atoms. The van der Waals surface area contributed by atoms with Crippen molar-refractivity contribution < 1.29 is 18.3 Å². The third-order valence-electron chi connectivity index (χ3n) is 3.15. The second kappa shape index (κ2) is 6.99. The van der Waals surface area contributed by atoms with Crippen LogP contribution in [0.25, 0.3) is 0 Å². The first-order chi connectivity index (χ1) is 10.9. The molecule has 0 saturated carbocycles. The van der Waals surface area contributed by atoms with Gasteiger partial charge in [0.15, 0.2) is 0 Å². The zero-order valence-electron chi connectivity index (χ0n) is 12.5. The number of hydrogen-bond acceptors (Lipinski definition) is 4. The van der Waals surface area contributed by atoms with E-state index in [0.717, 1.165) is 4.68 Å². The lowest BCUT2D eigenvalue weighted by Crippen LogP contribution is -2.30. The fourth-order valence-electron chi connectivity index (χ4n) is 1.92. The zero-order chi connectivity index (χ0) is 17.0. The number of ether oxygens (including phenoxy) is 1. The smallest absolute Gasteiger partial charge is 0.387 e. The molecule has 0 fully saturated rings. The maximum atomic E-state index is 12.1. The number of carbonyl (C=O) groups is 1. The van der Waals surface area contributed by atoms with Crippen molar-refractivity contribution in [2.24, 2.45) is 7.05 Å². The van der Waals surface area contributed by atoms with Crippen LogP contribution in [0.1, 0.15) is 29.0 Å². The Bertz CT molecular complexity index is 744. The minimum Gasteiger partial charge on any atom is -0.435 e. The molecule has 122 valence electrons. The maximum Gasteiger partial charge on any atom is 0.387 e. The number of aryl methyl sites for hydroxylation is 1. The molecule has 0 radical (unpaired) electrons. The summed E-state index contributed by atoms with van der Waals surface area (Å²) < 4.78 is 29.5. The van der Waals surface area contributed by atoms with Crippen LogP contribution in [0.4, 0.5) is 8.78 Å². The second-order valence-corrected chi connectivity index (χ2v) is 4.82. The highest BCUT2D eigenvalue weighted by molar-refractivity contribution is 5.92. The van der Waals surface area contributed by atoms with E-state index >= 15 is 0 Å². The summed E-state index contributed by atoms with van der Waals surface area (Å²) in [7, 11) is 1.45.